The van der Waals surface area contributed by atoms with Gasteiger partial charge in [-0.25, -0.2) is 19.9 Å². The van der Waals surface area contributed by atoms with Gasteiger partial charge in [0.1, 0.15) is 36.0 Å². The second-order valence-corrected chi connectivity index (χ2v) is 12.7. The SMILES string of the molecule is CC(C)N(CC1OC(n2cnc3c(N)ncnc32)C(O)C1O)C1CC(CCc2nc3ccc(C(C)(CO)CO)cc3[nH]2)C1. The number of H-pyrrole nitrogens is 1. The molecule has 13 heteroatoms. The molecule has 7 N–H and O–H groups in total. The van der Waals surface area contributed by atoms with Gasteiger partial charge in [0, 0.05) is 30.5 Å². The Kier molecular flexibility index (Phi) is 8.13. The van der Waals surface area contributed by atoms with Crippen molar-refractivity contribution in [2.24, 2.45) is 5.92 Å². The zero-order chi connectivity index (χ0) is 30.5. The highest BCUT2D eigenvalue weighted by molar-refractivity contribution is 5.81. The van der Waals surface area contributed by atoms with Gasteiger partial charge >= 0.3 is 0 Å². The molecule has 43 heavy (non-hydrogen) atoms. The molecule has 4 aromatic rings. The molecule has 1 saturated heterocycles. The van der Waals surface area contributed by atoms with E-state index in [1.807, 2.05) is 25.1 Å². The van der Waals surface area contributed by atoms with Crippen LogP contribution in [0.15, 0.2) is 30.9 Å². The third-order valence-electron chi connectivity index (χ3n) is 9.45. The number of aliphatic hydroxyl groups excluding tert-OH is 4. The van der Waals surface area contributed by atoms with Crippen molar-refractivity contribution in [3.8, 4) is 0 Å². The lowest BCUT2D eigenvalue weighted by atomic mass is 9.76. The molecule has 4 unspecified atom stereocenters. The predicted molar refractivity (Wildman–Crippen MR) is 160 cm³/mol. The van der Waals surface area contributed by atoms with Gasteiger partial charge in [0.15, 0.2) is 17.7 Å². The van der Waals surface area contributed by atoms with Crippen molar-refractivity contribution in [2.45, 2.75) is 88.5 Å². The van der Waals surface area contributed by atoms with Crippen molar-refractivity contribution >= 4 is 28.0 Å². The number of nitrogens with zero attached hydrogens (tertiary/aromatic N) is 6. The van der Waals surface area contributed by atoms with Crippen molar-refractivity contribution in [1.29, 1.82) is 0 Å². The quantitative estimate of drug-likeness (QED) is 0.147. The van der Waals surface area contributed by atoms with Crippen molar-refractivity contribution < 1.29 is 25.2 Å². The first-order chi connectivity index (χ1) is 20.6. The molecule has 0 radical (unpaired) electrons. The zero-order valence-corrected chi connectivity index (χ0v) is 24.8. The summed E-state index contributed by atoms with van der Waals surface area (Å²) >= 11 is 0. The summed E-state index contributed by atoms with van der Waals surface area (Å²) in [5.41, 5.74) is 8.77. The smallest absolute Gasteiger partial charge is 0.167 e. The minimum atomic E-state index is -1.14. The van der Waals surface area contributed by atoms with E-state index in [-0.39, 0.29) is 25.1 Å². The number of hydrogen-bond donors (Lipinski definition) is 6. The van der Waals surface area contributed by atoms with E-state index in [1.165, 1.54) is 12.7 Å². The molecule has 1 aliphatic heterocycles. The first-order valence-corrected chi connectivity index (χ1v) is 15.0. The van der Waals surface area contributed by atoms with Crippen molar-refractivity contribution in [2.75, 3.05) is 25.5 Å². The molecular formula is C30H42N8O5. The molecule has 1 saturated carbocycles. The first kappa shape index (κ1) is 29.9. The number of aromatic amines is 1. The fourth-order valence-corrected chi connectivity index (χ4v) is 6.49. The number of aliphatic hydroxyl groups is 4. The standard InChI is InChI=1S/C30H42N8O5/c1-16(2)37(11-22-25(41)26(42)29(43-22)38-15-34-24-27(31)32-14-33-28(24)38)19-8-17(9-19)4-7-23-35-20-6-5-18(10-21(20)36-23)30(3,12-39)13-40/h5-6,10,14-17,19,22,25-26,29,39-42H,4,7-9,11-13H2,1-3H3,(H,35,36)(H2,31,32,33). The van der Waals surface area contributed by atoms with Crippen LogP contribution in [0.3, 0.4) is 0 Å². The lowest BCUT2D eigenvalue weighted by Gasteiger charge is -2.46. The maximum Gasteiger partial charge on any atom is 0.167 e. The van der Waals surface area contributed by atoms with Gasteiger partial charge in [-0.1, -0.05) is 13.0 Å². The van der Waals surface area contributed by atoms with E-state index in [1.54, 1.807) is 4.57 Å². The highest BCUT2D eigenvalue weighted by Gasteiger charge is 2.46. The number of hydrogen-bond acceptors (Lipinski definition) is 11. The Morgan fingerprint density at radius 3 is 2.63 bits per heavy atom. The Labute approximate surface area is 249 Å². The molecule has 232 valence electrons. The van der Waals surface area contributed by atoms with E-state index < -0.39 is 30.0 Å². The van der Waals surface area contributed by atoms with Gasteiger partial charge in [-0.3, -0.25) is 9.47 Å². The molecule has 1 aromatic carbocycles. The third-order valence-corrected chi connectivity index (χ3v) is 9.45. The average molecular weight is 595 g/mol. The van der Waals surface area contributed by atoms with Gasteiger partial charge < -0.3 is 35.9 Å². The molecular weight excluding hydrogens is 552 g/mol. The first-order valence-electron chi connectivity index (χ1n) is 15.0. The Balaban J connectivity index is 1.05. The summed E-state index contributed by atoms with van der Waals surface area (Å²) in [5.74, 6) is 1.75. The fourth-order valence-electron chi connectivity index (χ4n) is 6.49. The van der Waals surface area contributed by atoms with Crippen LogP contribution in [0.4, 0.5) is 5.82 Å². The Morgan fingerprint density at radius 1 is 1.14 bits per heavy atom. The second-order valence-electron chi connectivity index (χ2n) is 12.7. The van der Waals surface area contributed by atoms with Crippen LogP contribution >= 0.6 is 0 Å². The van der Waals surface area contributed by atoms with Crippen molar-refractivity contribution in [3.63, 3.8) is 0 Å². The number of aryl methyl sites for hydroxylation is 1. The van der Waals surface area contributed by atoms with E-state index in [0.717, 1.165) is 48.1 Å². The predicted octanol–water partition coefficient (Wildman–Crippen LogP) is 1.27. The van der Waals surface area contributed by atoms with E-state index in [9.17, 15) is 20.4 Å². The van der Waals surface area contributed by atoms with E-state index in [4.69, 9.17) is 15.5 Å². The summed E-state index contributed by atoms with van der Waals surface area (Å²) in [6.07, 6.45) is 3.21. The largest absolute Gasteiger partial charge is 0.395 e. The van der Waals surface area contributed by atoms with Crippen LogP contribution in [-0.4, -0.2) is 105 Å². The van der Waals surface area contributed by atoms with Crippen LogP contribution in [0.1, 0.15) is 57.6 Å². The lowest BCUT2D eigenvalue weighted by Crippen LogP contribution is -2.52. The number of rotatable bonds is 11. The van der Waals surface area contributed by atoms with Gasteiger partial charge in [0.2, 0.25) is 0 Å². The Morgan fingerprint density at radius 2 is 1.91 bits per heavy atom. The monoisotopic (exact) mass is 594 g/mol. The molecule has 0 bridgehead atoms. The lowest BCUT2D eigenvalue weighted by molar-refractivity contribution is -0.0620. The summed E-state index contributed by atoms with van der Waals surface area (Å²) < 4.78 is 7.83. The molecule has 0 amide bonds. The summed E-state index contributed by atoms with van der Waals surface area (Å²) in [6.45, 7) is 6.37. The maximum absolute atomic E-state index is 10.9. The summed E-state index contributed by atoms with van der Waals surface area (Å²) in [7, 11) is 0. The molecule has 4 atom stereocenters. The summed E-state index contributed by atoms with van der Waals surface area (Å²) in [5, 5.41) is 41.3. The minimum absolute atomic E-state index is 0.133. The van der Waals surface area contributed by atoms with Crippen LogP contribution in [0.25, 0.3) is 22.2 Å². The number of nitrogens with one attached hydrogen (secondary N) is 1. The number of aromatic nitrogens is 6. The third kappa shape index (κ3) is 5.49. The number of benzene rings is 1. The number of anilines is 1. The average Bonchev–Trinajstić information content (AvgIpc) is 3.67. The molecule has 1 aliphatic carbocycles. The molecule has 13 nitrogen and oxygen atoms in total. The van der Waals surface area contributed by atoms with Crippen molar-refractivity contribution in [1.82, 2.24) is 34.4 Å². The number of nitrogens with two attached hydrogens (primary N) is 1. The summed E-state index contributed by atoms with van der Waals surface area (Å²) in [4.78, 5) is 23.0. The normalized spacial score (nSPS) is 26.3. The number of nitrogen functional groups attached to an aromatic ring is 1. The molecule has 6 rings (SSSR count). The summed E-state index contributed by atoms with van der Waals surface area (Å²) in [6, 6.07) is 6.44. The van der Waals surface area contributed by atoms with Gasteiger partial charge in [-0.2, -0.15) is 0 Å². The molecule has 2 aliphatic rings. The van der Waals surface area contributed by atoms with Crippen LogP contribution in [-0.2, 0) is 16.6 Å². The van der Waals surface area contributed by atoms with Crippen LogP contribution < -0.4 is 5.73 Å². The number of fused-ring (bicyclic) bond motifs is 2. The van der Waals surface area contributed by atoms with E-state index >= 15 is 0 Å². The maximum atomic E-state index is 10.9. The topological polar surface area (TPSA) is 192 Å². The highest BCUT2D eigenvalue weighted by atomic mass is 16.6. The van der Waals surface area contributed by atoms with E-state index in [2.05, 4.69) is 38.7 Å². The highest BCUT2D eigenvalue weighted by Crippen LogP contribution is 2.38. The molecule has 2 fully saturated rings. The van der Waals surface area contributed by atoms with Crippen LogP contribution in [0.5, 0.6) is 0 Å². The molecule has 0 spiro atoms. The Bertz CT molecular complexity index is 1560. The van der Waals surface area contributed by atoms with Gasteiger partial charge in [-0.15, -0.1) is 0 Å². The Hall–Kier alpha value is -3.20. The molecule has 4 heterocycles. The number of imidazole rings is 2. The molecule has 3 aromatic heterocycles. The fraction of sp³-hybridized carbons (Fsp3) is 0.600. The number of ether oxygens (including phenoxy) is 1. The van der Waals surface area contributed by atoms with Crippen LogP contribution in [0, 0.1) is 5.92 Å². The van der Waals surface area contributed by atoms with Gasteiger partial charge in [-0.05, 0) is 56.7 Å². The second kappa shape index (κ2) is 11.7. The van der Waals surface area contributed by atoms with Gasteiger partial charge in [0.05, 0.1) is 30.6 Å². The minimum Gasteiger partial charge on any atom is -0.395 e. The van der Waals surface area contributed by atoms with Crippen molar-refractivity contribution in [3.05, 3.63) is 42.2 Å². The van der Waals surface area contributed by atoms with Crippen LogP contribution in [0.2, 0.25) is 0 Å². The van der Waals surface area contributed by atoms with E-state index in [0.29, 0.717) is 29.7 Å². The zero-order valence-electron chi connectivity index (χ0n) is 24.8. The van der Waals surface area contributed by atoms with Gasteiger partial charge in [0.25, 0.3) is 0 Å².